The van der Waals surface area contributed by atoms with Gasteiger partial charge in [0.1, 0.15) is 0 Å². The zero-order valence-electron chi connectivity index (χ0n) is 7.97. The molecule has 0 radical (unpaired) electrons. The highest BCUT2D eigenvalue weighted by Crippen LogP contribution is 2.13. The van der Waals surface area contributed by atoms with Crippen molar-refractivity contribution in [3.8, 4) is 0 Å². The summed E-state index contributed by atoms with van der Waals surface area (Å²) < 4.78 is 0. The summed E-state index contributed by atoms with van der Waals surface area (Å²) in [6.45, 7) is 4.99. The third-order valence-electron chi connectivity index (χ3n) is 2.02. The number of nitrogens with one attached hydrogen (secondary N) is 1. The Morgan fingerprint density at radius 1 is 1.31 bits per heavy atom. The fraction of sp³-hybridized carbons (Fsp3) is 0.273. The van der Waals surface area contributed by atoms with Crippen molar-refractivity contribution in [1.29, 1.82) is 0 Å². The zero-order chi connectivity index (χ0) is 9.68. The summed E-state index contributed by atoms with van der Waals surface area (Å²) in [7, 11) is 0. The summed E-state index contributed by atoms with van der Waals surface area (Å²) in [5.41, 5.74) is 5.28. The van der Waals surface area contributed by atoms with Gasteiger partial charge in [-0.1, -0.05) is 23.7 Å². The first kappa shape index (κ1) is 10.1. The first-order valence-corrected chi connectivity index (χ1v) is 4.74. The Morgan fingerprint density at radius 2 is 2.08 bits per heavy atom. The number of aryl methyl sites for hydroxylation is 2. The minimum atomic E-state index is 0.770. The molecule has 0 amide bonds. The molecule has 0 aliphatic heterocycles. The molecule has 2 heteroatoms. The lowest BCUT2D eigenvalue weighted by Crippen LogP contribution is -1.98. The average molecular weight is 196 g/mol. The lowest BCUT2D eigenvalue weighted by molar-refractivity contribution is 1.29. The maximum Gasteiger partial charge on any atom is 0.0345 e. The summed E-state index contributed by atoms with van der Waals surface area (Å²) in [5, 5.41) is 3.24. The van der Waals surface area contributed by atoms with Crippen LogP contribution >= 0.6 is 11.6 Å². The number of hydrogen-bond donors (Lipinski definition) is 1. The van der Waals surface area contributed by atoms with Gasteiger partial charge in [0, 0.05) is 17.8 Å². The molecule has 70 valence electrons. The third kappa shape index (κ3) is 3.11. The Bertz CT molecular complexity index is 305. The van der Waals surface area contributed by atoms with E-state index in [0.717, 1.165) is 12.2 Å². The molecule has 1 nitrogen and oxygen atoms in total. The molecule has 0 fully saturated rings. The highest BCUT2D eigenvalue weighted by molar-refractivity contribution is 6.25. The van der Waals surface area contributed by atoms with Gasteiger partial charge >= 0.3 is 0 Å². The lowest BCUT2D eigenvalue weighted by Gasteiger charge is -2.05. The molecule has 0 unspecified atom stereocenters. The maximum atomic E-state index is 5.40. The van der Waals surface area contributed by atoms with Crippen LogP contribution in [0.2, 0.25) is 0 Å². The van der Waals surface area contributed by atoms with Crippen molar-refractivity contribution in [2.24, 2.45) is 0 Å². The Kier molecular flexibility index (Phi) is 3.84. The molecule has 1 aromatic carbocycles. The van der Waals surface area contributed by atoms with Crippen LogP contribution in [0.4, 0.5) is 5.69 Å². The van der Waals surface area contributed by atoms with Crippen LogP contribution < -0.4 is 5.32 Å². The quantitative estimate of drug-likeness (QED) is 0.779. The first-order chi connectivity index (χ1) is 6.24. The van der Waals surface area contributed by atoms with E-state index < -0.39 is 0 Å². The van der Waals surface area contributed by atoms with Gasteiger partial charge in [-0.3, -0.25) is 0 Å². The molecule has 0 aliphatic carbocycles. The van der Waals surface area contributed by atoms with Gasteiger partial charge in [-0.25, -0.2) is 0 Å². The summed E-state index contributed by atoms with van der Waals surface area (Å²) in [6.07, 6.45) is 1.87. The standard InChI is InChI=1S/C11H14ClN/c1-9-4-5-11(8-10(9)2)13-7-3-6-12/h3-6,8,13H,7H2,1-2H3/b6-3+. The van der Waals surface area contributed by atoms with Crippen molar-refractivity contribution in [2.75, 3.05) is 11.9 Å². The molecule has 0 spiro atoms. The van der Waals surface area contributed by atoms with Gasteiger partial charge in [0.25, 0.3) is 0 Å². The van der Waals surface area contributed by atoms with Crippen molar-refractivity contribution < 1.29 is 0 Å². The van der Waals surface area contributed by atoms with Crippen molar-refractivity contribution in [2.45, 2.75) is 13.8 Å². The molecule has 0 saturated heterocycles. The molecule has 0 atom stereocenters. The van der Waals surface area contributed by atoms with E-state index in [4.69, 9.17) is 11.6 Å². The molecular formula is C11H14ClN. The van der Waals surface area contributed by atoms with E-state index in [1.807, 2.05) is 6.08 Å². The van der Waals surface area contributed by atoms with Crippen LogP contribution in [0.25, 0.3) is 0 Å². The molecule has 1 rings (SSSR count). The summed E-state index contributed by atoms with van der Waals surface area (Å²) >= 11 is 5.40. The molecule has 0 bridgehead atoms. The Morgan fingerprint density at radius 3 is 2.69 bits per heavy atom. The van der Waals surface area contributed by atoms with Crippen LogP contribution in [0, 0.1) is 13.8 Å². The minimum Gasteiger partial charge on any atom is -0.382 e. The maximum absolute atomic E-state index is 5.40. The molecule has 1 aromatic rings. The summed E-state index contributed by atoms with van der Waals surface area (Å²) in [6, 6.07) is 6.32. The largest absolute Gasteiger partial charge is 0.382 e. The van der Waals surface area contributed by atoms with Crippen LogP contribution in [0.3, 0.4) is 0 Å². The van der Waals surface area contributed by atoms with Crippen molar-refractivity contribution in [1.82, 2.24) is 0 Å². The normalized spacial score (nSPS) is 10.7. The van der Waals surface area contributed by atoms with E-state index in [9.17, 15) is 0 Å². The molecule has 0 aliphatic rings. The number of anilines is 1. The van der Waals surface area contributed by atoms with Gasteiger partial charge in [-0.2, -0.15) is 0 Å². The second-order valence-corrected chi connectivity index (χ2v) is 3.29. The first-order valence-electron chi connectivity index (χ1n) is 4.30. The van der Waals surface area contributed by atoms with Crippen LogP contribution in [0.15, 0.2) is 29.8 Å². The van der Waals surface area contributed by atoms with E-state index in [1.54, 1.807) is 0 Å². The predicted octanol–water partition coefficient (Wildman–Crippen LogP) is 3.47. The SMILES string of the molecule is Cc1ccc(NC/C=C/Cl)cc1C. The highest BCUT2D eigenvalue weighted by Gasteiger charge is 1.93. The zero-order valence-corrected chi connectivity index (χ0v) is 8.73. The smallest absolute Gasteiger partial charge is 0.0345 e. The molecule has 0 aromatic heterocycles. The fourth-order valence-corrected chi connectivity index (χ4v) is 1.16. The molecule has 13 heavy (non-hydrogen) atoms. The van der Waals surface area contributed by atoms with Gasteiger partial charge in [-0.15, -0.1) is 0 Å². The van der Waals surface area contributed by atoms with Crippen molar-refractivity contribution in [3.63, 3.8) is 0 Å². The number of benzene rings is 1. The second kappa shape index (κ2) is 4.93. The Hall–Kier alpha value is -0.950. The van der Waals surface area contributed by atoms with Gasteiger partial charge in [-0.05, 0) is 37.1 Å². The van der Waals surface area contributed by atoms with Gasteiger partial charge < -0.3 is 5.32 Å². The molecule has 0 heterocycles. The van der Waals surface area contributed by atoms with Crippen LogP contribution in [-0.4, -0.2) is 6.54 Å². The third-order valence-corrected chi connectivity index (χ3v) is 2.20. The van der Waals surface area contributed by atoms with Gasteiger partial charge in [0.15, 0.2) is 0 Å². The molecular weight excluding hydrogens is 182 g/mol. The molecule has 0 saturated carbocycles. The summed E-state index contributed by atoms with van der Waals surface area (Å²) in [4.78, 5) is 0. The van der Waals surface area contributed by atoms with Crippen molar-refractivity contribution in [3.05, 3.63) is 40.9 Å². The average Bonchev–Trinajstić information content (AvgIpc) is 2.12. The van der Waals surface area contributed by atoms with Gasteiger partial charge in [0.05, 0.1) is 0 Å². The highest BCUT2D eigenvalue weighted by atomic mass is 35.5. The van der Waals surface area contributed by atoms with Crippen LogP contribution in [0.5, 0.6) is 0 Å². The number of halogens is 1. The monoisotopic (exact) mass is 195 g/mol. The van der Waals surface area contributed by atoms with E-state index >= 15 is 0 Å². The number of rotatable bonds is 3. The van der Waals surface area contributed by atoms with Crippen molar-refractivity contribution >= 4 is 17.3 Å². The van der Waals surface area contributed by atoms with E-state index in [2.05, 4.69) is 37.4 Å². The van der Waals surface area contributed by atoms with E-state index in [0.29, 0.717) is 0 Å². The van der Waals surface area contributed by atoms with E-state index in [-0.39, 0.29) is 0 Å². The fourth-order valence-electron chi connectivity index (χ4n) is 1.07. The van der Waals surface area contributed by atoms with E-state index in [1.165, 1.54) is 16.7 Å². The summed E-state index contributed by atoms with van der Waals surface area (Å²) in [5.74, 6) is 0. The Labute approximate surface area is 84.4 Å². The van der Waals surface area contributed by atoms with Crippen LogP contribution in [-0.2, 0) is 0 Å². The number of hydrogen-bond acceptors (Lipinski definition) is 1. The lowest BCUT2D eigenvalue weighted by atomic mass is 10.1. The second-order valence-electron chi connectivity index (χ2n) is 3.04. The minimum absolute atomic E-state index is 0.770. The van der Waals surface area contributed by atoms with Gasteiger partial charge in [0.2, 0.25) is 0 Å². The molecule has 1 N–H and O–H groups in total. The predicted molar refractivity (Wildman–Crippen MR) is 59.4 cm³/mol. The topological polar surface area (TPSA) is 12.0 Å². The Balaban J connectivity index is 2.63. The van der Waals surface area contributed by atoms with Crippen LogP contribution in [0.1, 0.15) is 11.1 Å².